The molecule has 17 heteroatoms. The molecule has 6 aliphatic rings. The van der Waals surface area contributed by atoms with Gasteiger partial charge in [-0.15, -0.1) is 0 Å². The first kappa shape index (κ1) is 48.1. The number of benzene rings is 3. The van der Waals surface area contributed by atoms with Crippen LogP contribution in [0, 0.1) is 34.2 Å². The van der Waals surface area contributed by atoms with Gasteiger partial charge in [-0.05, 0) is 135 Å². The molecule has 1 N–H and O–H groups in total. The van der Waals surface area contributed by atoms with Gasteiger partial charge in [0.1, 0.15) is 47.0 Å². The minimum Gasteiger partial charge on any atom is -0.508 e. The summed E-state index contributed by atoms with van der Waals surface area (Å²) in [5.41, 5.74) is 1.32. The minimum atomic E-state index is -1.08. The van der Waals surface area contributed by atoms with Gasteiger partial charge in [-0.25, -0.2) is 13.2 Å². The van der Waals surface area contributed by atoms with E-state index in [1.165, 1.54) is 18.2 Å². The Labute approximate surface area is 416 Å². The molecule has 4 aliphatic heterocycles. The molecule has 5 aromatic rings. The van der Waals surface area contributed by atoms with Gasteiger partial charge in [-0.1, -0.05) is 19.9 Å². The zero-order valence-corrected chi connectivity index (χ0v) is 41.0. The normalized spacial score (nSPS) is 21.6. The van der Waals surface area contributed by atoms with Crippen molar-refractivity contribution < 1.29 is 42.2 Å². The first-order valence-corrected chi connectivity index (χ1v) is 25.8. The number of aryl methyl sites for hydroxylation is 1. The van der Waals surface area contributed by atoms with E-state index in [-0.39, 0.29) is 58.0 Å². The van der Waals surface area contributed by atoms with Crippen molar-refractivity contribution >= 4 is 57.6 Å². The second kappa shape index (κ2) is 19.0. The number of ether oxygens (including phenoxy) is 1. The van der Waals surface area contributed by atoms with Crippen LogP contribution in [0.15, 0.2) is 42.6 Å². The number of hydrogen-bond donors (Lipinski definition) is 1. The molecule has 14 nitrogen and oxygen atoms in total. The molecule has 2 atom stereocenters. The fourth-order valence-electron chi connectivity index (χ4n) is 12.6. The molecule has 2 amide bonds. The zero-order chi connectivity index (χ0) is 50.1. The average Bonchev–Trinajstić information content (AvgIpc) is 4.10. The van der Waals surface area contributed by atoms with Gasteiger partial charge in [-0.3, -0.25) is 24.4 Å². The van der Waals surface area contributed by atoms with Crippen LogP contribution in [0.3, 0.4) is 0 Å². The van der Waals surface area contributed by atoms with Crippen molar-refractivity contribution in [2.45, 2.75) is 96.6 Å². The van der Waals surface area contributed by atoms with Crippen molar-refractivity contribution in [1.82, 2.24) is 29.7 Å². The van der Waals surface area contributed by atoms with E-state index in [0.717, 1.165) is 108 Å². The quantitative estimate of drug-likeness (QED) is 0.0795. The van der Waals surface area contributed by atoms with Crippen molar-refractivity contribution in [3.8, 4) is 23.0 Å². The van der Waals surface area contributed by atoms with Crippen LogP contribution in [0.4, 0.5) is 24.7 Å². The number of carbonyl (C=O) groups excluding carboxylic acids is 4. The average molecular weight is 987 g/mol. The summed E-state index contributed by atoms with van der Waals surface area (Å²) in [6.07, 6.45) is 11.7. The predicted molar refractivity (Wildman–Crippen MR) is 266 cm³/mol. The second-order valence-corrected chi connectivity index (χ2v) is 21.6. The number of nitrogens with zero attached hydrogens (tertiary/aromatic N) is 8. The summed E-state index contributed by atoms with van der Waals surface area (Å²) in [6, 6.07) is 7.99. The number of pyridine rings is 1. The molecular weight excluding hydrogens is 926 g/mol. The van der Waals surface area contributed by atoms with Crippen molar-refractivity contribution in [3.05, 3.63) is 76.7 Å². The number of amides is 2. The van der Waals surface area contributed by atoms with Gasteiger partial charge in [0.25, 0.3) is 11.8 Å². The molecule has 6 heterocycles. The molecule has 0 bridgehead atoms. The number of phenolic OH excluding ortho intramolecular Hbond substituents is 1. The number of imide groups is 1. The smallest absolute Gasteiger partial charge is 0.319 e. The van der Waals surface area contributed by atoms with Gasteiger partial charge in [0.15, 0.2) is 5.82 Å². The molecule has 1 unspecified atom stereocenters. The van der Waals surface area contributed by atoms with Crippen molar-refractivity contribution in [1.29, 1.82) is 0 Å². The number of rotatable bonds is 15. The number of likely N-dealkylation sites (tertiary alicyclic amines) is 1. The Kier molecular flexibility index (Phi) is 12.7. The Balaban J connectivity index is 0.721. The molecule has 2 aromatic heterocycles. The van der Waals surface area contributed by atoms with Gasteiger partial charge in [0, 0.05) is 75.5 Å². The van der Waals surface area contributed by atoms with Gasteiger partial charge in [0.05, 0.1) is 34.8 Å². The lowest BCUT2D eigenvalue weighted by Crippen LogP contribution is -2.59. The molecule has 0 radical (unpaired) electrons. The maximum atomic E-state index is 17.1. The fourth-order valence-corrected chi connectivity index (χ4v) is 12.6. The third-order valence-corrected chi connectivity index (χ3v) is 16.9. The van der Waals surface area contributed by atoms with Crippen LogP contribution in [0.1, 0.15) is 104 Å². The summed E-state index contributed by atoms with van der Waals surface area (Å²) in [5.74, 6) is -2.09. The van der Waals surface area contributed by atoms with E-state index < -0.39 is 35.3 Å². The Morgan fingerprint density at radius 3 is 2.32 bits per heavy atom. The highest BCUT2D eigenvalue weighted by atomic mass is 19.1. The molecule has 378 valence electrons. The maximum absolute atomic E-state index is 17.1. The molecular formula is C55H61F3N8O6. The van der Waals surface area contributed by atoms with E-state index in [0.29, 0.717) is 89.2 Å². The molecule has 3 aromatic carbocycles. The van der Waals surface area contributed by atoms with E-state index in [9.17, 15) is 24.3 Å². The first-order valence-electron chi connectivity index (χ1n) is 25.8. The van der Waals surface area contributed by atoms with Crippen molar-refractivity contribution in [2.75, 3.05) is 75.3 Å². The summed E-state index contributed by atoms with van der Waals surface area (Å²) < 4.78 is 54.4. The van der Waals surface area contributed by atoms with Crippen LogP contribution in [-0.2, 0) is 16.0 Å². The van der Waals surface area contributed by atoms with Crippen molar-refractivity contribution in [2.24, 2.45) is 16.7 Å². The van der Waals surface area contributed by atoms with Gasteiger partial charge < -0.3 is 34.1 Å². The number of carbonyl (C=O) groups is 4. The lowest BCUT2D eigenvalue weighted by Gasteiger charge is -2.56. The van der Waals surface area contributed by atoms with E-state index in [4.69, 9.17) is 14.7 Å². The third kappa shape index (κ3) is 8.73. The van der Waals surface area contributed by atoms with Crippen LogP contribution in [0.2, 0.25) is 0 Å². The van der Waals surface area contributed by atoms with E-state index in [1.807, 2.05) is 11.8 Å². The van der Waals surface area contributed by atoms with E-state index in [2.05, 4.69) is 26.6 Å². The van der Waals surface area contributed by atoms with Crippen LogP contribution in [0.25, 0.3) is 32.9 Å². The number of fused-ring (bicyclic) bond motifs is 3. The number of aromatic hydroxyl groups is 1. The zero-order valence-electron chi connectivity index (χ0n) is 41.0. The summed E-state index contributed by atoms with van der Waals surface area (Å²) in [4.78, 5) is 73.4. The van der Waals surface area contributed by atoms with Crippen LogP contribution in [-0.4, -0.2) is 137 Å². The number of aldehydes is 2. The first-order chi connectivity index (χ1) is 34.8. The van der Waals surface area contributed by atoms with Gasteiger partial charge >= 0.3 is 6.01 Å². The number of anilines is 2. The third-order valence-electron chi connectivity index (χ3n) is 16.9. The number of piperazine rings is 1. The van der Waals surface area contributed by atoms with E-state index >= 15 is 13.2 Å². The Bertz CT molecular complexity index is 2980. The highest BCUT2D eigenvalue weighted by molar-refractivity contribution is 6.22. The molecule has 1 spiro atoms. The summed E-state index contributed by atoms with van der Waals surface area (Å²) in [5, 5.41) is 12.3. The number of halogens is 3. The number of phenols is 1. The van der Waals surface area contributed by atoms with Crippen LogP contribution >= 0.6 is 0 Å². The topological polar surface area (TPSA) is 153 Å². The lowest BCUT2D eigenvalue weighted by molar-refractivity contribution is -0.112. The molecule has 11 rings (SSSR count). The monoisotopic (exact) mass is 986 g/mol. The summed E-state index contributed by atoms with van der Waals surface area (Å²) in [6.45, 7) is 11.5. The van der Waals surface area contributed by atoms with Crippen molar-refractivity contribution in [3.63, 3.8) is 0 Å². The molecule has 2 saturated carbocycles. The Hall–Kier alpha value is -6.20. The number of aromatic nitrogens is 3. The predicted octanol–water partition coefficient (Wildman–Crippen LogP) is 8.14. The highest BCUT2D eigenvalue weighted by Gasteiger charge is 2.51. The largest absolute Gasteiger partial charge is 0.508 e. The Morgan fingerprint density at radius 2 is 1.62 bits per heavy atom. The van der Waals surface area contributed by atoms with E-state index in [1.54, 1.807) is 18.3 Å². The molecule has 72 heavy (non-hydrogen) atoms. The van der Waals surface area contributed by atoms with Crippen LogP contribution in [0.5, 0.6) is 11.8 Å². The summed E-state index contributed by atoms with van der Waals surface area (Å²) in [7, 11) is 0. The fraction of sp³-hybridized carbons (Fsp3) is 0.509. The minimum absolute atomic E-state index is 0.0191. The summed E-state index contributed by atoms with van der Waals surface area (Å²) >= 11 is 0. The molecule has 2 aliphatic carbocycles. The number of piperidine rings is 2. The van der Waals surface area contributed by atoms with Gasteiger partial charge in [-0.2, -0.15) is 9.97 Å². The molecule has 3 saturated heterocycles. The second-order valence-electron chi connectivity index (χ2n) is 21.6. The highest BCUT2D eigenvalue weighted by Crippen LogP contribution is 2.53. The lowest BCUT2D eigenvalue weighted by atomic mass is 9.60. The standard InChI is InChI=1S/C55H61F3N8O6/c1-3-38-43(56)9-8-34-22-37(69)23-41(46(34)38)48-47(58)49-42(28-59-48)50(65-14-4-6-33(2)29-65)61-53(60-49)72-32-55(10-11-55)31-62-15-12-54(13-16-62)26-36(27-54)63-17-19-64(20-18-63)45-25-40-39(24-44(45)57)51(70)66(52(40)71)35(30-68)7-5-21-67/h8-9,21-25,28,30,33,35-36,69H,3-7,10-20,26-27,29,31-32H2,1-2H3/t33-,35?/m0/s1. The Morgan fingerprint density at radius 1 is 0.875 bits per heavy atom. The van der Waals surface area contributed by atoms with Crippen LogP contribution < -0.4 is 14.5 Å². The maximum Gasteiger partial charge on any atom is 0.319 e. The number of hydrogen-bond acceptors (Lipinski definition) is 13. The SMILES string of the molecule is CCc1c(F)ccc2cc(O)cc(-c3ncc4c(N5CCC[C@H](C)C5)nc(OCC5(CN6CCC7(CC6)CC(N6CCN(c8cc9c(cc8F)C(=O)N(C(C=O)CCC=O)C9=O)CC6)C7)CC5)nc4c3F)c12. The molecule has 5 fully saturated rings. The van der Waals surface area contributed by atoms with Gasteiger partial charge in [0.2, 0.25) is 0 Å².